The SMILES string of the molecule is Cc1ccc([C@@H]2[C@@H](C(N)=S)[C@H]2S(=O)(=O)c2ccc(C)cc2)cc1. The van der Waals surface area contributed by atoms with Crippen LogP contribution in [0.25, 0.3) is 0 Å². The molecule has 3 rings (SSSR count). The van der Waals surface area contributed by atoms with E-state index in [1.807, 2.05) is 50.2 Å². The molecule has 0 heterocycles. The van der Waals surface area contributed by atoms with Gasteiger partial charge in [-0.15, -0.1) is 0 Å². The molecule has 1 aliphatic rings. The lowest BCUT2D eigenvalue weighted by molar-refractivity contribution is 0.593. The Balaban J connectivity index is 1.98. The summed E-state index contributed by atoms with van der Waals surface area (Å²) < 4.78 is 25.9. The highest BCUT2D eigenvalue weighted by Crippen LogP contribution is 2.54. The molecule has 0 bridgehead atoms. The van der Waals surface area contributed by atoms with Crippen LogP contribution in [0.3, 0.4) is 0 Å². The minimum absolute atomic E-state index is 0.153. The first-order valence-electron chi connectivity index (χ1n) is 7.49. The summed E-state index contributed by atoms with van der Waals surface area (Å²) in [5, 5.41) is -0.564. The zero-order chi connectivity index (χ0) is 16.8. The van der Waals surface area contributed by atoms with Crippen molar-refractivity contribution in [2.24, 2.45) is 11.7 Å². The number of thiocarbonyl (C=S) groups is 1. The molecule has 2 aromatic rings. The van der Waals surface area contributed by atoms with Crippen molar-refractivity contribution in [2.75, 3.05) is 0 Å². The topological polar surface area (TPSA) is 60.2 Å². The van der Waals surface area contributed by atoms with E-state index in [-0.39, 0.29) is 16.8 Å². The smallest absolute Gasteiger partial charge is 0.182 e. The van der Waals surface area contributed by atoms with Crippen LogP contribution < -0.4 is 5.73 Å². The molecule has 23 heavy (non-hydrogen) atoms. The summed E-state index contributed by atoms with van der Waals surface area (Å²) in [7, 11) is -3.45. The van der Waals surface area contributed by atoms with E-state index in [9.17, 15) is 8.42 Å². The zero-order valence-corrected chi connectivity index (χ0v) is 14.7. The lowest BCUT2D eigenvalue weighted by Gasteiger charge is -2.05. The summed E-state index contributed by atoms with van der Waals surface area (Å²) in [6.07, 6.45) is 0. The van der Waals surface area contributed by atoms with Gasteiger partial charge >= 0.3 is 0 Å². The van der Waals surface area contributed by atoms with Gasteiger partial charge in [0.15, 0.2) is 9.84 Å². The Labute approximate surface area is 142 Å². The van der Waals surface area contributed by atoms with Gasteiger partial charge in [0.05, 0.1) is 15.1 Å². The summed E-state index contributed by atoms with van der Waals surface area (Å²) in [6, 6.07) is 14.8. The molecular formula is C18H19NO2S2. The van der Waals surface area contributed by atoms with Gasteiger partial charge in [0.1, 0.15) is 0 Å². The van der Waals surface area contributed by atoms with E-state index in [1.165, 1.54) is 0 Å². The molecule has 3 nitrogen and oxygen atoms in total. The molecule has 1 saturated carbocycles. The molecule has 5 heteroatoms. The Morgan fingerprint density at radius 1 is 0.957 bits per heavy atom. The van der Waals surface area contributed by atoms with Gasteiger partial charge in [-0.05, 0) is 31.5 Å². The molecule has 0 aliphatic heterocycles. The Kier molecular flexibility index (Phi) is 4.02. The number of aryl methyl sites for hydroxylation is 2. The molecule has 1 aliphatic carbocycles. The van der Waals surface area contributed by atoms with Gasteiger partial charge in [-0.25, -0.2) is 8.42 Å². The maximum Gasteiger partial charge on any atom is 0.182 e. The van der Waals surface area contributed by atoms with Gasteiger partial charge in [0.2, 0.25) is 0 Å². The van der Waals surface area contributed by atoms with Crippen LogP contribution in [0, 0.1) is 19.8 Å². The van der Waals surface area contributed by atoms with Crippen LogP contribution in [-0.2, 0) is 9.84 Å². The first-order chi connectivity index (χ1) is 10.8. The molecule has 3 atom stereocenters. The Morgan fingerprint density at radius 2 is 1.43 bits per heavy atom. The number of nitrogens with two attached hydrogens (primary N) is 1. The predicted molar refractivity (Wildman–Crippen MR) is 96.3 cm³/mol. The van der Waals surface area contributed by atoms with Crippen molar-refractivity contribution in [3.05, 3.63) is 65.2 Å². The number of hydrogen-bond acceptors (Lipinski definition) is 3. The van der Waals surface area contributed by atoms with Gasteiger partial charge in [0.25, 0.3) is 0 Å². The number of sulfone groups is 1. The Bertz CT molecular complexity index is 840. The molecular weight excluding hydrogens is 326 g/mol. The maximum atomic E-state index is 13.0. The molecule has 0 saturated heterocycles. The summed E-state index contributed by atoms with van der Waals surface area (Å²) in [5.41, 5.74) is 8.96. The fraction of sp³-hybridized carbons (Fsp3) is 0.278. The highest BCUT2D eigenvalue weighted by atomic mass is 32.2. The van der Waals surface area contributed by atoms with Crippen molar-refractivity contribution >= 4 is 27.0 Å². The van der Waals surface area contributed by atoms with E-state index in [0.717, 1.165) is 16.7 Å². The summed E-state index contributed by atoms with van der Waals surface area (Å²) >= 11 is 5.11. The first-order valence-corrected chi connectivity index (χ1v) is 9.44. The van der Waals surface area contributed by atoms with Crippen LogP contribution in [0.2, 0.25) is 0 Å². The summed E-state index contributed by atoms with van der Waals surface area (Å²) in [6.45, 7) is 3.93. The Morgan fingerprint density at radius 3 is 1.91 bits per heavy atom. The molecule has 0 spiro atoms. The van der Waals surface area contributed by atoms with E-state index in [0.29, 0.717) is 4.90 Å². The van der Waals surface area contributed by atoms with Crippen LogP contribution in [0.1, 0.15) is 22.6 Å². The predicted octanol–water partition coefficient (Wildman–Crippen LogP) is 3.15. The average Bonchev–Trinajstić information content (AvgIpc) is 3.25. The van der Waals surface area contributed by atoms with Crippen LogP contribution in [-0.4, -0.2) is 18.7 Å². The van der Waals surface area contributed by atoms with Crippen molar-refractivity contribution in [3.63, 3.8) is 0 Å². The highest BCUT2D eigenvalue weighted by molar-refractivity contribution is 7.92. The summed E-state index contributed by atoms with van der Waals surface area (Å²) in [5.74, 6) is -0.446. The van der Waals surface area contributed by atoms with Gasteiger partial charge in [-0.2, -0.15) is 0 Å². The average molecular weight is 345 g/mol. The van der Waals surface area contributed by atoms with Crippen LogP contribution in [0.15, 0.2) is 53.4 Å². The number of rotatable bonds is 4. The maximum absolute atomic E-state index is 13.0. The third-order valence-electron chi connectivity index (χ3n) is 4.45. The second-order valence-corrected chi connectivity index (χ2v) is 8.76. The fourth-order valence-electron chi connectivity index (χ4n) is 3.08. The molecule has 0 aromatic heterocycles. The lowest BCUT2D eigenvalue weighted by atomic mass is 10.1. The molecule has 2 aromatic carbocycles. The van der Waals surface area contributed by atoms with Gasteiger partial charge in [-0.3, -0.25) is 0 Å². The van der Waals surface area contributed by atoms with Crippen molar-refractivity contribution in [3.8, 4) is 0 Å². The van der Waals surface area contributed by atoms with Crippen LogP contribution >= 0.6 is 12.2 Å². The van der Waals surface area contributed by atoms with Crippen molar-refractivity contribution in [1.82, 2.24) is 0 Å². The van der Waals surface area contributed by atoms with Crippen molar-refractivity contribution in [2.45, 2.75) is 29.9 Å². The molecule has 2 N–H and O–H groups in total. The van der Waals surface area contributed by atoms with E-state index in [2.05, 4.69) is 0 Å². The van der Waals surface area contributed by atoms with Gasteiger partial charge in [0, 0.05) is 11.8 Å². The summed E-state index contributed by atoms with van der Waals surface area (Å²) in [4.78, 5) is 0.611. The minimum Gasteiger partial charge on any atom is -0.393 e. The second-order valence-electron chi connectivity index (χ2n) is 6.19. The highest BCUT2D eigenvalue weighted by Gasteiger charge is 2.60. The van der Waals surface area contributed by atoms with Crippen molar-refractivity contribution in [1.29, 1.82) is 0 Å². The van der Waals surface area contributed by atoms with E-state index in [1.54, 1.807) is 12.1 Å². The zero-order valence-electron chi connectivity index (χ0n) is 13.1. The second kappa shape index (κ2) is 5.73. The molecule has 1 fully saturated rings. The Hall–Kier alpha value is -1.72. The molecule has 120 valence electrons. The van der Waals surface area contributed by atoms with Gasteiger partial charge < -0.3 is 5.73 Å². The number of benzene rings is 2. The minimum atomic E-state index is -3.45. The monoisotopic (exact) mass is 345 g/mol. The first kappa shape index (κ1) is 16.1. The third kappa shape index (κ3) is 2.91. The van der Waals surface area contributed by atoms with E-state index >= 15 is 0 Å². The fourth-order valence-corrected chi connectivity index (χ4v) is 5.61. The third-order valence-corrected chi connectivity index (χ3v) is 6.96. The van der Waals surface area contributed by atoms with Crippen molar-refractivity contribution < 1.29 is 8.42 Å². The largest absolute Gasteiger partial charge is 0.393 e. The van der Waals surface area contributed by atoms with Gasteiger partial charge in [-0.1, -0.05) is 59.7 Å². The molecule has 0 radical (unpaired) electrons. The molecule has 0 amide bonds. The lowest BCUT2D eigenvalue weighted by Crippen LogP contribution is -2.17. The van der Waals surface area contributed by atoms with E-state index < -0.39 is 15.1 Å². The van der Waals surface area contributed by atoms with Crippen LogP contribution in [0.4, 0.5) is 0 Å². The molecule has 0 unspecified atom stereocenters. The standard InChI is InChI=1S/C18H19NO2S2/c1-11-3-7-13(8-4-11)15-16(18(19)22)17(15)23(20,21)14-9-5-12(2)6-10-14/h3-10,15-17H,1-2H3,(H2,19,22)/t15-,16-,17+/m1/s1. The normalized spacial score (nSPS) is 23.5. The quantitative estimate of drug-likeness (QED) is 0.865. The van der Waals surface area contributed by atoms with E-state index in [4.69, 9.17) is 18.0 Å². The number of hydrogen-bond donors (Lipinski definition) is 1. The van der Waals surface area contributed by atoms with Crippen LogP contribution in [0.5, 0.6) is 0 Å².